The molecule has 0 aliphatic rings. The zero-order valence-electron chi connectivity index (χ0n) is 11.7. The molecule has 0 bridgehead atoms. The summed E-state index contributed by atoms with van der Waals surface area (Å²) < 4.78 is 11.4. The van der Waals surface area contributed by atoms with Crippen LogP contribution in [0.25, 0.3) is 0 Å². The zero-order chi connectivity index (χ0) is 14.4. The maximum Gasteiger partial charge on any atom is 0.121 e. The highest BCUT2D eigenvalue weighted by atomic mass is 79.9. The van der Waals surface area contributed by atoms with Crippen molar-refractivity contribution in [1.29, 1.82) is 0 Å². The van der Waals surface area contributed by atoms with E-state index < -0.39 is 0 Å². The predicted octanol–water partition coefficient (Wildman–Crippen LogP) is 4.12. The number of rotatable bonds is 6. The third-order valence-corrected chi connectivity index (χ3v) is 3.75. The van der Waals surface area contributed by atoms with Gasteiger partial charge < -0.3 is 14.8 Å². The van der Waals surface area contributed by atoms with Gasteiger partial charge in [0.2, 0.25) is 0 Å². The lowest BCUT2D eigenvalue weighted by Gasteiger charge is -2.10. The summed E-state index contributed by atoms with van der Waals surface area (Å²) >= 11 is 3.53. The number of anilines is 1. The summed E-state index contributed by atoms with van der Waals surface area (Å²) in [6, 6.07) is 14.0. The van der Waals surface area contributed by atoms with Gasteiger partial charge in [0.25, 0.3) is 0 Å². The highest BCUT2D eigenvalue weighted by molar-refractivity contribution is 9.10. The lowest BCUT2D eigenvalue weighted by molar-refractivity contribution is 0.414. The van der Waals surface area contributed by atoms with Crippen LogP contribution in [0.1, 0.15) is 5.56 Å². The fourth-order valence-corrected chi connectivity index (χ4v) is 2.29. The van der Waals surface area contributed by atoms with Crippen molar-refractivity contribution in [3.05, 3.63) is 52.5 Å². The summed E-state index contributed by atoms with van der Waals surface area (Å²) in [7, 11) is 3.35. The molecular weight excluding hydrogens is 318 g/mol. The van der Waals surface area contributed by atoms with E-state index in [-0.39, 0.29) is 0 Å². The number of hydrogen-bond donors (Lipinski definition) is 1. The van der Waals surface area contributed by atoms with E-state index in [0.29, 0.717) is 0 Å². The minimum absolute atomic E-state index is 0.847. The first kappa shape index (κ1) is 14.7. The molecule has 2 rings (SSSR count). The molecule has 0 spiro atoms. The number of methoxy groups -OCH3 is 2. The molecule has 0 saturated carbocycles. The molecule has 0 amide bonds. The Balaban J connectivity index is 1.91. The van der Waals surface area contributed by atoms with Crippen LogP contribution in [0.4, 0.5) is 5.69 Å². The van der Waals surface area contributed by atoms with Gasteiger partial charge in [-0.25, -0.2) is 0 Å². The van der Waals surface area contributed by atoms with Gasteiger partial charge >= 0.3 is 0 Å². The third kappa shape index (κ3) is 3.90. The third-order valence-electron chi connectivity index (χ3n) is 3.06. The van der Waals surface area contributed by atoms with Gasteiger partial charge in [0.15, 0.2) is 0 Å². The van der Waals surface area contributed by atoms with Gasteiger partial charge in [-0.05, 0) is 52.2 Å². The van der Waals surface area contributed by atoms with Gasteiger partial charge in [-0.3, -0.25) is 0 Å². The normalized spacial score (nSPS) is 10.2. The highest BCUT2D eigenvalue weighted by Gasteiger charge is 2.02. The maximum atomic E-state index is 5.23. The molecule has 0 unspecified atom stereocenters. The second-order valence-electron chi connectivity index (χ2n) is 4.37. The summed E-state index contributed by atoms with van der Waals surface area (Å²) in [5, 5.41) is 3.41. The van der Waals surface area contributed by atoms with Gasteiger partial charge in [0, 0.05) is 17.1 Å². The zero-order valence-corrected chi connectivity index (χ0v) is 13.2. The molecule has 0 fully saturated rings. The van der Waals surface area contributed by atoms with Crippen molar-refractivity contribution in [1.82, 2.24) is 0 Å². The molecule has 0 radical (unpaired) electrons. The first-order valence-corrected chi connectivity index (χ1v) is 7.22. The molecule has 0 aromatic heterocycles. The van der Waals surface area contributed by atoms with Crippen LogP contribution in [-0.2, 0) is 6.42 Å². The number of ether oxygens (including phenoxy) is 2. The number of benzene rings is 2. The Morgan fingerprint density at radius 2 is 1.60 bits per heavy atom. The summed E-state index contributed by atoms with van der Waals surface area (Å²) in [4.78, 5) is 0. The average molecular weight is 336 g/mol. The van der Waals surface area contributed by atoms with E-state index >= 15 is 0 Å². The van der Waals surface area contributed by atoms with Crippen LogP contribution in [0.15, 0.2) is 46.9 Å². The molecule has 106 valence electrons. The quantitative estimate of drug-likeness (QED) is 0.861. The van der Waals surface area contributed by atoms with Crippen LogP contribution in [0.3, 0.4) is 0 Å². The Labute approximate surface area is 128 Å². The van der Waals surface area contributed by atoms with E-state index in [1.165, 1.54) is 5.56 Å². The molecule has 3 nitrogen and oxygen atoms in total. The molecule has 0 saturated heterocycles. The lowest BCUT2D eigenvalue weighted by Crippen LogP contribution is -2.05. The largest absolute Gasteiger partial charge is 0.497 e. The SMILES string of the molecule is COc1ccc(CCNc2cc(OC)ccc2Br)cc1. The van der Waals surface area contributed by atoms with Gasteiger partial charge in [-0.1, -0.05) is 12.1 Å². The van der Waals surface area contributed by atoms with Gasteiger partial charge in [-0.2, -0.15) is 0 Å². The molecule has 0 aliphatic heterocycles. The average Bonchev–Trinajstić information content (AvgIpc) is 2.50. The molecular formula is C16H18BrNO2. The van der Waals surface area contributed by atoms with Crippen LogP contribution in [0, 0.1) is 0 Å². The minimum atomic E-state index is 0.847. The van der Waals surface area contributed by atoms with Crippen LogP contribution < -0.4 is 14.8 Å². The van der Waals surface area contributed by atoms with Gasteiger partial charge in [0.05, 0.1) is 19.9 Å². The van der Waals surface area contributed by atoms with Crippen molar-refractivity contribution in [2.24, 2.45) is 0 Å². The fourth-order valence-electron chi connectivity index (χ4n) is 1.90. The Kier molecular flexibility index (Phi) is 5.30. The Hall–Kier alpha value is -1.68. The van der Waals surface area contributed by atoms with Crippen molar-refractivity contribution >= 4 is 21.6 Å². The van der Waals surface area contributed by atoms with Crippen molar-refractivity contribution in [3.8, 4) is 11.5 Å². The second kappa shape index (κ2) is 7.20. The summed E-state index contributed by atoms with van der Waals surface area (Å²) in [5.41, 5.74) is 2.31. The molecule has 2 aromatic carbocycles. The molecule has 20 heavy (non-hydrogen) atoms. The molecule has 4 heteroatoms. The summed E-state index contributed by atoms with van der Waals surface area (Å²) in [6.07, 6.45) is 0.952. The van der Waals surface area contributed by atoms with Crippen LogP contribution in [0.2, 0.25) is 0 Å². The van der Waals surface area contributed by atoms with Crippen LogP contribution in [-0.4, -0.2) is 20.8 Å². The van der Waals surface area contributed by atoms with E-state index in [1.807, 2.05) is 30.3 Å². The molecule has 0 atom stereocenters. The standard InChI is InChI=1S/C16H18BrNO2/c1-19-13-5-3-12(4-6-13)9-10-18-16-11-14(20-2)7-8-15(16)17/h3-8,11,18H,9-10H2,1-2H3. The fraction of sp³-hybridized carbons (Fsp3) is 0.250. The van der Waals surface area contributed by atoms with E-state index in [2.05, 4.69) is 33.4 Å². The lowest BCUT2D eigenvalue weighted by atomic mass is 10.1. The first-order valence-electron chi connectivity index (χ1n) is 6.43. The maximum absolute atomic E-state index is 5.23. The Morgan fingerprint density at radius 3 is 2.25 bits per heavy atom. The van der Waals surface area contributed by atoms with E-state index in [1.54, 1.807) is 14.2 Å². The summed E-state index contributed by atoms with van der Waals surface area (Å²) in [5.74, 6) is 1.73. The van der Waals surface area contributed by atoms with Crippen molar-refractivity contribution in [2.75, 3.05) is 26.1 Å². The predicted molar refractivity (Wildman–Crippen MR) is 85.9 cm³/mol. The number of hydrogen-bond acceptors (Lipinski definition) is 3. The van der Waals surface area contributed by atoms with Crippen molar-refractivity contribution in [3.63, 3.8) is 0 Å². The van der Waals surface area contributed by atoms with Crippen molar-refractivity contribution in [2.45, 2.75) is 6.42 Å². The van der Waals surface area contributed by atoms with Gasteiger partial charge in [0.1, 0.15) is 11.5 Å². The monoisotopic (exact) mass is 335 g/mol. The van der Waals surface area contributed by atoms with E-state index in [9.17, 15) is 0 Å². The van der Waals surface area contributed by atoms with Crippen LogP contribution >= 0.6 is 15.9 Å². The van der Waals surface area contributed by atoms with Crippen molar-refractivity contribution < 1.29 is 9.47 Å². The molecule has 2 aromatic rings. The Morgan fingerprint density at radius 1 is 0.950 bits per heavy atom. The topological polar surface area (TPSA) is 30.5 Å². The highest BCUT2D eigenvalue weighted by Crippen LogP contribution is 2.27. The Bertz CT molecular complexity index is 555. The number of nitrogens with one attached hydrogen (secondary N) is 1. The van der Waals surface area contributed by atoms with Gasteiger partial charge in [-0.15, -0.1) is 0 Å². The van der Waals surface area contributed by atoms with E-state index in [0.717, 1.165) is 34.6 Å². The minimum Gasteiger partial charge on any atom is -0.497 e. The molecule has 0 aliphatic carbocycles. The molecule has 1 N–H and O–H groups in total. The van der Waals surface area contributed by atoms with Crippen LogP contribution in [0.5, 0.6) is 11.5 Å². The smallest absolute Gasteiger partial charge is 0.121 e. The second-order valence-corrected chi connectivity index (χ2v) is 5.22. The summed E-state index contributed by atoms with van der Waals surface area (Å²) in [6.45, 7) is 0.859. The molecule has 0 heterocycles. The van der Waals surface area contributed by atoms with E-state index in [4.69, 9.17) is 9.47 Å². The number of halogens is 1. The first-order chi connectivity index (χ1) is 9.72.